The minimum atomic E-state index is 0.300. The average Bonchev–Trinajstić information content (AvgIpc) is 3.21. The molecule has 5 nitrogen and oxygen atoms in total. The lowest BCUT2D eigenvalue weighted by molar-refractivity contribution is -0.137. The van der Waals surface area contributed by atoms with Crippen LogP contribution in [-0.4, -0.2) is 38.2 Å². The first kappa shape index (κ1) is 15.5. The number of carbonyl (C=O) groups excluding carboxylic acids is 1. The van der Waals surface area contributed by atoms with Crippen molar-refractivity contribution in [3.63, 3.8) is 0 Å². The van der Waals surface area contributed by atoms with E-state index in [1.54, 1.807) is 6.33 Å². The van der Waals surface area contributed by atoms with Crippen LogP contribution in [0.25, 0.3) is 0 Å². The van der Waals surface area contributed by atoms with E-state index in [1.807, 2.05) is 0 Å². The van der Waals surface area contributed by atoms with Crippen molar-refractivity contribution in [1.29, 1.82) is 0 Å². The zero-order valence-electron chi connectivity index (χ0n) is 13.7. The van der Waals surface area contributed by atoms with Gasteiger partial charge in [0.1, 0.15) is 12.2 Å². The molecule has 0 spiro atoms. The van der Waals surface area contributed by atoms with Gasteiger partial charge in [0.05, 0.1) is 0 Å². The largest absolute Gasteiger partial charge is 0.339 e. The van der Waals surface area contributed by atoms with E-state index >= 15 is 0 Å². The highest BCUT2D eigenvalue weighted by molar-refractivity contribution is 5.79. The first-order valence-corrected chi connectivity index (χ1v) is 8.96. The quantitative estimate of drug-likeness (QED) is 0.840. The molecule has 5 heteroatoms. The molecule has 122 valence electrons. The summed E-state index contributed by atoms with van der Waals surface area (Å²) in [5.74, 6) is 1.78. The van der Waals surface area contributed by atoms with Crippen LogP contribution in [0.15, 0.2) is 6.33 Å². The second-order valence-corrected chi connectivity index (χ2v) is 6.73. The molecule has 0 bridgehead atoms. The molecule has 0 aromatic carbocycles. The third-order valence-corrected chi connectivity index (χ3v) is 5.35. The molecular formula is C17H28N4O. The number of aromatic nitrogens is 3. The summed E-state index contributed by atoms with van der Waals surface area (Å²) in [6, 6.07) is 0.413. The van der Waals surface area contributed by atoms with Gasteiger partial charge in [0, 0.05) is 31.5 Å². The van der Waals surface area contributed by atoms with Crippen LogP contribution in [0.4, 0.5) is 0 Å². The molecule has 1 aromatic heterocycles. The molecule has 2 fully saturated rings. The average molecular weight is 304 g/mol. The molecule has 1 aliphatic heterocycles. The normalized spacial score (nSPS) is 23.1. The minimum absolute atomic E-state index is 0.300. The predicted octanol–water partition coefficient (Wildman–Crippen LogP) is 2.80. The molecule has 0 radical (unpaired) electrons. The predicted molar refractivity (Wildman–Crippen MR) is 85.3 cm³/mol. The lowest BCUT2D eigenvalue weighted by Crippen LogP contribution is -2.40. The lowest BCUT2D eigenvalue weighted by atomic mass is 9.88. The van der Waals surface area contributed by atoms with Crippen LogP contribution < -0.4 is 0 Å². The Labute approximate surface area is 133 Å². The number of carbonyl (C=O) groups is 1. The maximum Gasteiger partial charge on any atom is 0.225 e. The summed E-state index contributed by atoms with van der Waals surface area (Å²) in [7, 11) is 0. The molecule has 1 aromatic rings. The van der Waals surface area contributed by atoms with Gasteiger partial charge in [-0.15, -0.1) is 10.2 Å². The van der Waals surface area contributed by atoms with Crippen LogP contribution in [0.5, 0.6) is 0 Å². The Bertz CT molecular complexity index is 493. The summed E-state index contributed by atoms with van der Waals surface area (Å²) in [4.78, 5) is 15.0. The molecule has 0 N–H and O–H groups in total. The first-order valence-electron chi connectivity index (χ1n) is 8.96. The molecule has 1 saturated heterocycles. The number of rotatable bonds is 5. The molecule has 1 unspecified atom stereocenters. The fourth-order valence-electron chi connectivity index (χ4n) is 4.04. The minimum Gasteiger partial charge on any atom is -0.339 e. The van der Waals surface area contributed by atoms with Gasteiger partial charge >= 0.3 is 0 Å². The molecule has 1 amide bonds. The van der Waals surface area contributed by atoms with Crippen molar-refractivity contribution in [3.05, 3.63) is 12.2 Å². The van der Waals surface area contributed by atoms with Crippen molar-refractivity contribution in [2.75, 3.05) is 6.54 Å². The fraction of sp³-hybridized carbons (Fsp3) is 0.824. The van der Waals surface area contributed by atoms with Gasteiger partial charge in [0.2, 0.25) is 5.91 Å². The van der Waals surface area contributed by atoms with Crippen LogP contribution in [0, 0.1) is 5.92 Å². The summed E-state index contributed by atoms with van der Waals surface area (Å²) in [6.07, 6.45) is 12.0. The molecule has 3 rings (SSSR count). The van der Waals surface area contributed by atoms with Crippen molar-refractivity contribution < 1.29 is 4.79 Å². The van der Waals surface area contributed by atoms with Crippen molar-refractivity contribution in [2.45, 2.75) is 77.3 Å². The number of nitrogens with zero attached hydrogens (tertiary/aromatic N) is 4. The van der Waals surface area contributed by atoms with Crippen molar-refractivity contribution >= 4 is 5.91 Å². The van der Waals surface area contributed by atoms with Gasteiger partial charge in [-0.2, -0.15) is 0 Å². The number of amides is 1. The van der Waals surface area contributed by atoms with Crippen LogP contribution >= 0.6 is 0 Å². The van der Waals surface area contributed by atoms with E-state index in [2.05, 4.69) is 26.6 Å². The maximum atomic E-state index is 12.8. The Balaban J connectivity index is 1.57. The van der Waals surface area contributed by atoms with E-state index in [-0.39, 0.29) is 0 Å². The topological polar surface area (TPSA) is 51.0 Å². The standard InChI is InChI=1S/C17H28N4O/c1-2-20-13-18-19-16(20)11-10-15-9-6-12-21(15)17(22)14-7-4-3-5-8-14/h13-15H,2-12H2,1H3. The van der Waals surface area contributed by atoms with E-state index in [4.69, 9.17) is 0 Å². The highest BCUT2D eigenvalue weighted by Crippen LogP contribution is 2.30. The van der Waals surface area contributed by atoms with Gasteiger partial charge < -0.3 is 9.47 Å². The van der Waals surface area contributed by atoms with E-state index in [9.17, 15) is 4.79 Å². The Morgan fingerprint density at radius 1 is 1.23 bits per heavy atom. The third kappa shape index (κ3) is 3.33. The maximum absolute atomic E-state index is 12.8. The van der Waals surface area contributed by atoms with E-state index in [0.717, 1.165) is 57.4 Å². The molecule has 1 atom stereocenters. The number of aryl methyl sites for hydroxylation is 2. The SMILES string of the molecule is CCn1cnnc1CCC1CCCN1C(=O)C1CCCCC1. The second-order valence-electron chi connectivity index (χ2n) is 6.73. The van der Waals surface area contributed by atoms with Gasteiger partial charge in [-0.05, 0) is 39.0 Å². The third-order valence-electron chi connectivity index (χ3n) is 5.35. The highest BCUT2D eigenvalue weighted by Gasteiger charge is 2.33. The Morgan fingerprint density at radius 2 is 2.05 bits per heavy atom. The van der Waals surface area contributed by atoms with Gasteiger partial charge in [-0.25, -0.2) is 0 Å². The molecule has 2 heterocycles. The fourth-order valence-corrected chi connectivity index (χ4v) is 4.04. The monoisotopic (exact) mass is 304 g/mol. The van der Waals surface area contributed by atoms with Crippen molar-refractivity contribution in [2.24, 2.45) is 5.92 Å². The lowest BCUT2D eigenvalue weighted by Gasteiger charge is -2.30. The van der Waals surface area contributed by atoms with Gasteiger partial charge in [0.15, 0.2) is 0 Å². The molecular weight excluding hydrogens is 276 g/mol. The van der Waals surface area contributed by atoms with E-state index in [1.165, 1.54) is 19.3 Å². The Morgan fingerprint density at radius 3 is 2.82 bits per heavy atom. The van der Waals surface area contributed by atoms with Gasteiger partial charge in [-0.1, -0.05) is 19.3 Å². The van der Waals surface area contributed by atoms with Gasteiger partial charge in [-0.3, -0.25) is 4.79 Å². The number of likely N-dealkylation sites (tertiary alicyclic amines) is 1. The summed E-state index contributed by atoms with van der Waals surface area (Å²) >= 11 is 0. The van der Waals surface area contributed by atoms with Crippen molar-refractivity contribution in [1.82, 2.24) is 19.7 Å². The number of hydrogen-bond acceptors (Lipinski definition) is 3. The van der Waals surface area contributed by atoms with Crippen molar-refractivity contribution in [3.8, 4) is 0 Å². The molecule has 1 aliphatic carbocycles. The molecule has 22 heavy (non-hydrogen) atoms. The zero-order chi connectivity index (χ0) is 15.4. The highest BCUT2D eigenvalue weighted by atomic mass is 16.2. The molecule has 2 aliphatic rings. The van der Waals surface area contributed by atoms with Crippen LogP contribution in [-0.2, 0) is 17.8 Å². The number of hydrogen-bond donors (Lipinski definition) is 0. The first-order chi connectivity index (χ1) is 10.8. The summed E-state index contributed by atoms with van der Waals surface area (Å²) in [6.45, 7) is 3.99. The molecule has 1 saturated carbocycles. The van der Waals surface area contributed by atoms with Crippen LogP contribution in [0.2, 0.25) is 0 Å². The van der Waals surface area contributed by atoms with Crippen LogP contribution in [0.1, 0.15) is 64.1 Å². The van der Waals surface area contributed by atoms with Crippen LogP contribution in [0.3, 0.4) is 0 Å². The van der Waals surface area contributed by atoms with E-state index in [0.29, 0.717) is 17.9 Å². The summed E-state index contributed by atoms with van der Waals surface area (Å²) in [5, 5.41) is 8.22. The Kier molecular flexibility index (Phi) is 5.11. The summed E-state index contributed by atoms with van der Waals surface area (Å²) < 4.78 is 2.10. The second kappa shape index (κ2) is 7.25. The van der Waals surface area contributed by atoms with Gasteiger partial charge in [0.25, 0.3) is 0 Å². The smallest absolute Gasteiger partial charge is 0.225 e. The Hall–Kier alpha value is -1.39. The van der Waals surface area contributed by atoms with E-state index < -0.39 is 0 Å². The summed E-state index contributed by atoms with van der Waals surface area (Å²) in [5.41, 5.74) is 0. The zero-order valence-corrected chi connectivity index (χ0v) is 13.7.